The molecule has 2 amide bonds. The molecule has 140 valence electrons. The summed E-state index contributed by atoms with van der Waals surface area (Å²) in [5.74, 6) is -0.0712. The van der Waals surface area contributed by atoms with E-state index in [4.69, 9.17) is 0 Å². The van der Waals surface area contributed by atoms with Crippen LogP contribution in [-0.4, -0.2) is 44.2 Å². The van der Waals surface area contributed by atoms with Gasteiger partial charge in [-0.1, -0.05) is 12.1 Å². The van der Waals surface area contributed by atoms with E-state index in [9.17, 15) is 9.59 Å². The lowest BCUT2D eigenvalue weighted by atomic mass is 9.86. The van der Waals surface area contributed by atoms with Crippen LogP contribution in [0.4, 0.5) is 5.69 Å². The van der Waals surface area contributed by atoms with E-state index in [2.05, 4.69) is 15.7 Å². The van der Waals surface area contributed by atoms with Crippen molar-refractivity contribution in [3.05, 3.63) is 47.8 Å². The molecule has 0 radical (unpaired) electrons. The quantitative estimate of drug-likeness (QED) is 0.856. The first kappa shape index (κ1) is 16.4. The molecule has 0 saturated carbocycles. The van der Waals surface area contributed by atoms with Crippen molar-refractivity contribution in [2.24, 2.45) is 0 Å². The van der Waals surface area contributed by atoms with Crippen LogP contribution in [0.2, 0.25) is 0 Å². The van der Waals surface area contributed by atoms with Gasteiger partial charge in [0.05, 0.1) is 23.4 Å². The molecule has 3 atom stereocenters. The summed E-state index contributed by atoms with van der Waals surface area (Å²) >= 11 is 0. The van der Waals surface area contributed by atoms with Crippen LogP contribution in [0.3, 0.4) is 0 Å². The van der Waals surface area contributed by atoms with Crippen LogP contribution in [-0.2, 0) is 0 Å². The van der Waals surface area contributed by atoms with Crippen molar-refractivity contribution in [3.8, 4) is 0 Å². The highest BCUT2D eigenvalue weighted by atomic mass is 16.2. The Morgan fingerprint density at radius 1 is 1.26 bits per heavy atom. The van der Waals surface area contributed by atoms with Crippen LogP contribution in [0, 0.1) is 0 Å². The van der Waals surface area contributed by atoms with Crippen molar-refractivity contribution in [3.63, 3.8) is 0 Å². The van der Waals surface area contributed by atoms with Crippen LogP contribution in [0.1, 0.15) is 59.9 Å². The maximum atomic E-state index is 13.2. The lowest BCUT2D eigenvalue weighted by Gasteiger charge is -2.43. The molecule has 2 aromatic rings. The molecule has 2 N–H and O–H groups in total. The number of hydrogen-bond acceptors (Lipinski definition) is 4. The smallest absolute Gasteiger partial charge is 0.257 e. The minimum absolute atomic E-state index is 0.00109. The second kappa shape index (κ2) is 5.58. The van der Waals surface area contributed by atoms with Crippen molar-refractivity contribution < 1.29 is 9.59 Å². The molecule has 2 bridgehead atoms. The highest BCUT2D eigenvalue weighted by Crippen LogP contribution is 2.47. The molecule has 1 aromatic carbocycles. The summed E-state index contributed by atoms with van der Waals surface area (Å²) in [6.07, 6.45) is 6.04. The van der Waals surface area contributed by atoms with E-state index in [1.54, 1.807) is 10.9 Å². The van der Waals surface area contributed by atoms with Gasteiger partial charge in [0.25, 0.3) is 11.8 Å². The third-order valence-corrected chi connectivity index (χ3v) is 6.11. The van der Waals surface area contributed by atoms with Gasteiger partial charge in [0, 0.05) is 30.4 Å². The summed E-state index contributed by atoms with van der Waals surface area (Å²) in [5, 5.41) is 11.0. The molecule has 7 nitrogen and oxygen atoms in total. The first-order valence-corrected chi connectivity index (χ1v) is 9.55. The van der Waals surface area contributed by atoms with Crippen LogP contribution >= 0.6 is 0 Å². The Bertz CT molecular complexity index is 936. The van der Waals surface area contributed by atoms with Gasteiger partial charge < -0.3 is 15.5 Å². The highest BCUT2D eigenvalue weighted by Gasteiger charge is 2.60. The van der Waals surface area contributed by atoms with Crippen LogP contribution < -0.4 is 10.6 Å². The number of fused-ring (bicyclic) bond motifs is 4. The van der Waals surface area contributed by atoms with Gasteiger partial charge >= 0.3 is 0 Å². The second-order valence-electron chi connectivity index (χ2n) is 8.06. The van der Waals surface area contributed by atoms with Gasteiger partial charge in [-0.15, -0.1) is 0 Å². The van der Waals surface area contributed by atoms with E-state index in [-0.39, 0.29) is 29.9 Å². The summed E-state index contributed by atoms with van der Waals surface area (Å²) in [4.78, 5) is 27.9. The van der Waals surface area contributed by atoms with Crippen LogP contribution in [0.25, 0.3) is 0 Å². The van der Waals surface area contributed by atoms with Crippen molar-refractivity contribution in [2.75, 3.05) is 5.32 Å². The molecule has 4 heterocycles. The lowest BCUT2D eigenvalue weighted by molar-refractivity contribution is 0.0691. The minimum atomic E-state index is -0.585. The molecule has 27 heavy (non-hydrogen) atoms. The van der Waals surface area contributed by atoms with Gasteiger partial charge in [0.1, 0.15) is 5.66 Å². The Balaban J connectivity index is 1.46. The van der Waals surface area contributed by atoms with Gasteiger partial charge in [0.2, 0.25) is 0 Å². The van der Waals surface area contributed by atoms with Crippen molar-refractivity contribution in [1.29, 1.82) is 0 Å². The third-order valence-electron chi connectivity index (χ3n) is 6.11. The standard InChI is InChI=1S/C20H23N5O2/c1-12(2)24-11-13(10-21-24)19(27)25-14-7-8-17(25)20(9-14)22-16-6-4-3-5-15(16)18(26)23-20/h3-6,10-12,14,17,22H,7-9H2,1-2H3,(H,23,26). The topological polar surface area (TPSA) is 79.3 Å². The number of nitrogens with one attached hydrogen (secondary N) is 2. The molecule has 1 spiro atoms. The average Bonchev–Trinajstić information content (AvgIpc) is 3.34. The number of carbonyl (C=O) groups excluding carboxylic acids is 2. The average molecular weight is 365 g/mol. The number of rotatable bonds is 2. The van der Waals surface area contributed by atoms with Gasteiger partial charge in [-0.25, -0.2) is 0 Å². The molecule has 0 aliphatic carbocycles. The predicted molar refractivity (Wildman–Crippen MR) is 100 cm³/mol. The maximum Gasteiger partial charge on any atom is 0.257 e. The highest BCUT2D eigenvalue weighted by molar-refractivity contribution is 6.02. The molecule has 5 rings (SSSR count). The molecule has 3 unspecified atom stereocenters. The molecular weight excluding hydrogens is 342 g/mol. The summed E-state index contributed by atoms with van der Waals surface area (Å²) in [7, 11) is 0. The van der Waals surface area contributed by atoms with Crippen LogP contribution in [0.15, 0.2) is 36.7 Å². The maximum absolute atomic E-state index is 13.2. The molecule has 3 aliphatic rings. The number of aromatic nitrogens is 2. The Morgan fingerprint density at radius 2 is 2.07 bits per heavy atom. The number of amides is 2. The van der Waals surface area contributed by atoms with Gasteiger partial charge in [0.15, 0.2) is 0 Å². The molecule has 2 saturated heterocycles. The Kier molecular flexibility index (Phi) is 3.38. The summed E-state index contributed by atoms with van der Waals surface area (Å²) in [6.45, 7) is 4.07. The Hall–Kier alpha value is -2.83. The largest absolute Gasteiger partial charge is 0.360 e. The number of anilines is 1. The summed E-state index contributed by atoms with van der Waals surface area (Å²) < 4.78 is 1.80. The number of hydrogen-bond donors (Lipinski definition) is 2. The fourth-order valence-electron chi connectivity index (χ4n) is 4.86. The monoisotopic (exact) mass is 365 g/mol. The lowest BCUT2D eigenvalue weighted by Crippen LogP contribution is -2.64. The Labute approximate surface area is 157 Å². The summed E-state index contributed by atoms with van der Waals surface area (Å²) in [5.41, 5.74) is 1.52. The normalized spacial score (nSPS) is 28.4. The van der Waals surface area contributed by atoms with E-state index in [0.29, 0.717) is 11.1 Å². The van der Waals surface area contributed by atoms with E-state index in [1.807, 2.05) is 49.2 Å². The Morgan fingerprint density at radius 3 is 2.85 bits per heavy atom. The zero-order valence-electron chi connectivity index (χ0n) is 15.5. The van der Waals surface area contributed by atoms with Gasteiger partial charge in [-0.2, -0.15) is 5.10 Å². The molecular formula is C20H23N5O2. The third kappa shape index (κ3) is 2.30. The van der Waals surface area contributed by atoms with Gasteiger partial charge in [-0.3, -0.25) is 14.3 Å². The van der Waals surface area contributed by atoms with E-state index >= 15 is 0 Å². The number of para-hydroxylation sites is 1. The molecule has 2 fully saturated rings. The van der Waals surface area contributed by atoms with Gasteiger partial charge in [-0.05, 0) is 38.8 Å². The van der Waals surface area contributed by atoms with E-state index in [0.717, 1.165) is 24.9 Å². The molecule has 7 heteroatoms. The van der Waals surface area contributed by atoms with Crippen molar-refractivity contribution in [1.82, 2.24) is 20.0 Å². The SMILES string of the molecule is CC(C)n1cc(C(=O)N2C3CCC2C2(C3)NC(=O)c3ccccc3N2)cn1. The fourth-order valence-corrected chi connectivity index (χ4v) is 4.86. The second-order valence-corrected chi connectivity index (χ2v) is 8.06. The van der Waals surface area contributed by atoms with E-state index < -0.39 is 5.66 Å². The van der Waals surface area contributed by atoms with Crippen LogP contribution in [0.5, 0.6) is 0 Å². The number of benzene rings is 1. The zero-order valence-corrected chi connectivity index (χ0v) is 15.5. The first-order valence-electron chi connectivity index (χ1n) is 9.55. The number of carbonyl (C=O) groups is 2. The fraction of sp³-hybridized carbons (Fsp3) is 0.450. The predicted octanol–water partition coefficient (Wildman–Crippen LogP) is 2.39. The zero-order chi connectivity index (χ0) is 18.8. The number of nitrogens with zero attached hydrogens (tertiary/aromatic N) is 3. The van der Waals surface area contributed by atoms with Crippen molar-refractivity contribution >= 4 is 17.5 Å². The van der Waals surface area contributed by atoms with E-state index in [1.165, 1.54) is 0 Å². The summed E-state index contributed by atoms with van der Waals surface area (Å²) in [6, 6.07) is 7.82. The molecule has 3 aliphatic heterocycles. The first-order chi connectivity index (χ1) is 13.0. The molecule has 1 aromatic heterocycles. The minimum Gasteiger partial charge on any atom is -0.360 e. The van der Waals surface area contributed by atoms with Crippen molar-refractivity contribution in [2.45, 2.75) is 56.9 Å².